The van der Waals surface area contributed by atoms with E-state index in [0.29, 0.717) is 0 Å². The lowest BCUT2D eigenvalue weighted by Gasteiger charge is -2.27. The highest BCUT2D eigenvalue weighted by atomic mass is 19.1. The first-order valence-corrected chi connectivity index (χ1v) is 9.23. The van der Waals surface area contributed by atoms with Crippen LogP contribution in [0, 0.1) is 0 Å². The van der Waals surface area contributed by atoms with Gasteiger partial charge in [-0.1, -0.05) is 87.5 Å². The quantitative estimate of drug-likeness (QED) is 0.524. The Morgan fingerprint density at radius 1 is 0.885 bits per heavy atom. The SMILES string of the molecule is CN(Cc1ccc(C(C)(C)C)cc1)C(CF)c1cccc2ccccc12. The molecular formula is C24H28FN. The largest absolute Gasteiger partial charge is 0.293 e. The molecule has 0 fully saturated rings. The molecule has 3 aromatic carbocycles. The first kappa shape index (κ1) is 18.6. The smallest absolute Gasteiger partial charge is 0.109 e. The van der Waals surface area contributed by atoms with E-state index in [-0.39, 0.29) is 11.5 Å². The Bertz CT molecular complexity index is 856. The summed E-state index contributed by atoms with van der Waals surface area (Å²) in [7, 11) is 2.00. The molecule has 0 N–H and O–H groups in total. The Labute approximate surface area is 156 Å². The van der Waals surface area contributed by atoms with Gasteiger partial charge in [0.05, 0.1) is 6.04 Å². The van der Waals surface area contributed by atoms with Crippen molar-refractivity contribution in [3.8, 4) is 0 Å². The zero-order chi connectivity index (χ0) is 18.7. The van der Waals surface area contributed by atoms with E-state index >= 15 is 0 Å². The van der Waals surface area contributed by atoms with Crippen LogP contribution in [0.5, 0.6) is 0 Å². The third-order valence-corrected chi connectivity index (χ3v) is 5.11. The van der Waals surface area contributed by atoms with Crippen molar-refractivity contribution in [2.75, 3.05) is 13.7 Å². The van der Waals surface area contributed by atoms with Gasteiger partial charge in [-0.15, -0.1) is 0 Å². The fraction of sp³-hybridized carbons (Fsp3) is 0.333. The van der Waals surface area contributed by atoms with Gasteiger partial charge in [0.1, 0.15) is 6.67 Å². The molecule has 0 heterocycles. The van der Waals surface area contributed by atoms with Gasteiger partial charge in [-0.25, -0.2) is 4.39 Å². The van der Waals surface area contributed by atoms with Crippen molar-refractivity contribution in [2.24, 2.45) is 0 Å². The summed E-state index contributed by atoms with van der Waals surface area (Å²) in [5.74, 6) is 0. The normalized spacial score (nSPS) is 13.3. The van der Waals surface area contributed by atoms with Crippen LogP contribution in [0.4, 0.5) is 4.39 Å². The van der Waals surface area contributed by atoms with Crippen LogP contribution in [0.3, 0.4) is 0 Å². The number of hydrogen-bond acceptors (Lipinski definition) is 1. The second kappa shape index (κ2) is 7.59. The maximum absolute atomic E-state index is 14.0. The summed E-state index contributed by atoms with van der Waals surface area (Å²) in [4.78, 5) is 2.11. The number of rotatable bonds is 5. The molecule has 0 saturated heterocycles. The minimum atomic E-state index is -0.398. The Balaban J connectivity index is 1.84. The van der Waals surface area contributed by atoms with E-state index in [1.807, 2.05) is 31.3 Å². The maximum atomic E-state index is 14.0. The van der Waals surface area contributed by atoms with Crippen molar-refractivity contribution >= 4 is 10.8 Å². The van der Waals surface area contributed by atoms with Crippen LogP contribution in [0.1, 0.15) is 43.5 Å². The third kappa shape index (κ3) is 3.96. The van der Waals surface area contributed by atoms with Crippen LogP contribution >= 0.6 is 0 Å². The van der Waals surface area contributed by atoms with Gasteiger partial charge in [0, 0.05) is 6.54 Å². The molecule has 1 atom stereocenters. The minimum Gasteiger partial charge on any atom is -0.293 e. The van der Waals surface area contributed by atoms with Crippen molar-refractivity contribution in [3.63, 3.8) is 0 Å². The lowest BCUT2D eigenvalue weighted by atomic mass is 9.86. The van der Waals surface area contributed by atoms with Gasteiger partial charge >= 0.3 is 0 Å². The second-order valence-electron chi connectivity index (χ2n) is 8.10. The van der Waals surface area contributed by atoms with Crippen molar-refractivity contribution in [1.82, 2.24) is 4.90 Å². The summed E-state index contributed by atoms with van der Waals surface area (Å²) in [5.41, 5.74) is 3.73. The van der Waals surface area contributed by atoms with E-state index in [4.69, 9.17) is 0 Å². The molecular weight excluding hydrogens is 321 g/mol. The molecule has 1 unspecified atom stereocenters. The second-order valence-corrected chi connectivity index (χ2v) is 8.10. The molecule has 0 bridgehead atoms. The molecule has 3 rings (SSSR count). The van der Waals surface area contributed by atoms with Gasteiger partial charge in [-0.2, -0.15) is 0 Å². The maximum Gasteiger partial charge on any atom is 0.109 e. The predicted octanol–water partition coefficient (Wildman–Crippen LogP) is 6.28. The molecule has 0 radical (unpaired) electrons. The van der Waals surface area contributed by atoms with E-state index in [0.717, 1.165) is 22.9 Å². The molecule has 0 spiro atoms. The van der Waals surface area contributed by atoms with E-state index in [1.165, 1.54) is 11.1 Å². The van der Waals surface area contributed by atoms with Crippen LogP contribution in [0.2, 0.25) is 0 Å². The van der Waals surface area contributed by atoms with Crippen molar-refractivity contribution < 1.29 is 4.39 Å². The summed E-state index contributed by atoms with van der Waals surface area (Å²) >= 11 is 0. The lowest BCUT2D eigenvalue weighted by Crippen LogP contribution is -2.26. The number of nitrogens with zero attached hydrogens (tertiary/aromatic N) is 1. The monoisotopic (exact) mass is 349 g/mol. The van der Waals surface area contributed by atoms with Gasteiger partial charge in [-0.05, 0) is 39.9 Å². The molecule has 0 aliphatic rings. The van der Waals surface area contributed by atoms with Crippen LogP contribution in [0.15, 0.2) is 66.7 Å². The van der Waals surface area contributed by atoms with Crippen LogP contribution < -0.4 is 0 Å². The molecule has 0 aliphatic heterocycles. The van der Waals surface area contributed by atoms with E-state index in [2.05, 4.69) is 68.1 Å². The van der Waals surface area contributed by atoms with Crippen molar-refractivity contribution in [3.05, 3.63) is 83.4 Å². The molecule has 2 heteroatoms. The van der Waals surface area contributed by atoms with Gasteiger partial charge < -0.3 is 0 Å². The Morgan fingerprint density at radius 2 is 1.54 bits per heavy atom. The molecule has 0 aromatic heterocycles. The Hall–Kier alpha value is -2.19. The van der Waals surface area contributed by atoms with E-state index < -0.39 is 6.67 Å². The van der Waals surface area contributed by atoms with E-state index in [9.17, 15) is 4.39 Å². The third-order valence-electron chi connectivity index (χ3n) is 5.11. The molecule has 0 amide bonds. The first-order valence-electron chi connectivity index (χ1n) is 9.23. The van der Waals surface area contributed by atoms with Crippen LogP contribution in [0.25, 0.3) is 10.8 Å². The summed E-state index contributed by atoms with van der Waals surface area (Å²) < 4.78 is 14.0. The van der Waals surface area contributed by atoms with Gasteiger partial charge in [-0.3, -0.25) is 4.90 Å². The topological polar surface area (TPSA) is 3.24 Å². The predicted molar refractivity (Wildman–Crippen MR) is 109 cm³/mol. The Kier molecular flexibility index (Phi) is 5.43. The minimum absolute atomic E-state index is 0.148. The van der Waals surface area contributed by atoms with Gasteiger partial charge in [0.2, 0.25) is 0 Å². The molecule has 1 nitrogen and oxygen atoms in total. The molecule has 0 saturated carbocycles. The highest BCUT2D eigenvalue weighted by molar-refractivity contribution is 5.86. The zero-order valence-electron chi connectivity index (χ0n) is 16.2. The number of fused-ring (bicyclic) bond motifs is 1. The molecule has 26 heavy (non-hydrogen) atoms. The Morgan fingerprint density at radius 3 is 2.19 bits per heavy atom. The molecule has 3 aromatic rings. The fourth-order valence-electron chi connectivity index (χ4n) is 3.49. The number of alkyl halides is 1. The summed E-state index contributed by atoms with van der Waals surface area (Å²) in [6.45, 7) is 6.97. The summed E-state index contributed by atoms with van der Waals surface area (Å²) in [6.07, 6.45) is 0. The number of benzene rings is 3. The lowest BCUT2D eigenvalue weighted by molar-refractivity contribution is 0.197. The standard InChI is InChI=1S/C24H28FN/c1-24(2,3)20-14-12-18(13-15-20)17-26(4)23(16-25)22-11-7-9-19-8-5-6-10-21(19)22/h5-15,23H,16-17H2,1-4H3. The first-order chi connectivity index (χ1) is 12.4. The van der Waals surface area contributed by atoms with Crippen LogP contribution in [-0.4, -0.2) is 18.6 Å². The van der Waals surface area contributed by atoms with Gasteiger partial charge in [0.25, 0.3) is 0 Å². The average Bonchev–Trinajstić information content (AvgIpc) is 2.62. The molecule has 136 valence electrons. The van der Waals surface area contributed by atoms with E-state index in [1.54, 1.807) is 0 Å². The number of hydrogen-bond donors (Lipinski definition) is 0. The summed E-state index contributed by atoms with van der Waals surface area (Å²) in [6, 6.07) is 22.8. The van der Waals surface area contributed by atoms with Crippen LogP contribution in [-0.2, 0) is 12.0 Å². The fourth-order valence-corrected chi connectivity index (χ4v) is 3.49. The summed E-state index contributed by atoms with van der Waals surface area (Å²) in [5, 5.41) is 2.29. The van der Waals surface area contributed by atoms with Gasteiger partial charge in [0.15, 0.2) is 0 Å². The average molecular weight is 349 g/mol. The zero-order valence-corrected chi connectivity index (χ0v) is 16.2. The highest BCUT2D eigenvalue weighted by Crippen LogP contribution is 2.29. The highest BCUT2D eigenvalue weighted by Gasteiger charge is 2.20. The molecule has 0 aliphatic carbocycles. The van der Waals surface area contributed by atoms with Crippen molar-refractivity contribution in [1.29, 1.82) is 0 Å². The number of halogens is 1. The van der Waals surface area contributed by atoms with Crippen molar-refractivity contribution in [2.45, 2.75) is 38.8 Å².